The summed E-state index contributed by atoms with van der Waals surface area (Å²) in [4.78, 5) is 20.8. The SMILES string of the molecule is CC(C)CCN(C)[C@H](Cc1ccc(Cl)cc1Cl)CN1CCN(C(=O)Cc2ccc3ccccc3c2)C[C@@H]1CCCNCCN. The van der Waals surface area contributed by atoms with Crippen molar-refractivity contribution in [1.82, 2.24) is 20.0 Å². The highest BCUT2D eigenvalue weighted by Gasteiger charge is 2.32. The van der Waals surface area contributed by atoms with Crippen LogP contribution in [0.4, 0.5) is 0 Å². The molecule has 0 unspecified atom stereocenters. The Morgan fingerprint density at radius 2 is 1.84 bits per heavy atom. The zero-order valence-corrected chi connectivity index (χ0v) is 28.3. The maximum atomic E-state index is 13.6. The van der Waals surface area contributed by atoms with E-state index in [1.807, 2.05) is 12.1 Å². The van der Waals surface area contributed by atoms with Crippen molar-refractivity contribution < 1.29 is 4.79 Å². The molecule has 0 aromatic heterocycles. The molecule has 1 amide bonds. The van der Waals surface area contributed by atoms with Gasteiger partial charge in [-0.05, 0) is 85.8 Å². The molecule has 1 heterocycles. The molecule has 6 nitrogen and oxygen atoms in total. The fourth-order valence-corrected chi connectivity index (χ4v) is 6.66. The molecule has 8 heteroatoms. The summed E-state index contributed by atoms with van der Waals surface area (Å²) in [5, 5.41) is 7.22. The summed E-state index contributed by atoms with van der Waals surface area (Å²) < 4.78 is 0. The number of rotatable bonds is 16. The molecule has 1 saturated heterocycles. The summed E-state index contributed by atoms with van der Waals surface area (Å²) in [6.45, 7) is 11.3. The van der Waals surface area contributed by atoms with Crippen molar-refractivity contribution in [2.45, 2.75) is 58.0 Å². The molecule has 0 aliphatic carbocycles. The monoisotopic (exact) mass is 639 g/mol. The summed E-state index contributed by atoms with van der Waals surface area (Å²) in [6, 6.07) is 21.1. The first-order chi connectivity index (χ1) is 21.2. The second-order valence-corrected chi connectivity index (χ2v) is 13.6. The van der Waals surface area contributed by atoms with E-state index in [1.165, 1.54) is 10.8 Å². The van der Waals surface area contributed by atoms with Crippen molar-refractivity contribution in [2.75, 3.05) is 59.4 Å². The first-order valence-electron chi connectivity index (χ1n) is 16.3. The molecule has 3 aromatic carbocycles. The quantitative estimate of drug-likeness (QED) is 0.185. The van der Waals surface area contributed by atoms with E-state index in [0.29, 0.717) is 36.0 Å². The van der Waals surface area contributed by atoms with Crippen LogP contribution in [-0.2, 0) is 17.6 Å². The first kappa shape index (κ1) is 34.7. The molecule has 0 bridgehead atoms. The Labute approximate surface area is 274 Å². The Morgan fingerprint density at radius 3 is 2.59 bits per heavy atom. The van der Waals surface area contributed by atoms with Crippen LogP contribution >= 0.6 is 23.2 Å². The van der Waals surface area contributed by atoms with Crippen LogP contribution in [0.1, 0.15) is 44.2 Å². The van der Waals surface area contributed by atoms with Crippen LogP contribution < -0.4 is 11.1 Å². The van der Waals surface area contributed by atoms with Crippen molar-refractivity contribution in [3.8, 4) is 0 Å². The molecule has 1 fully saturated rings. The minimum Gasteiger partial charge on any atom is -0.340 e. The van der Waals surface area contributed by atoms with Gasteiger partial charge in [0.1, 0.15) is 0 Å². The van der Waals surface area contributed by atoms with Crippen LogP contribution in [0.3, 0.4) is 0 Å². The maximum absolute atomic E-state index is 13.6. The Bertz CT molecular complexity index is 1330. The number of amides is 1. The van der Waals surface area contributed by atoms with Crippen LogP contribution in [-0.4, -0.2) is 92.1 Å². The van der Waals surface area contributed by atoms with E-state index in [4.69, 9.17) is 28.9 Å². The molecule has 2 atom stereocenters. The number of likely N-dealkylation sites (N-methyl/N-ethyl adjacent to an activating group) is 1. The normalized spacial score (nSPS) is 16.7. The molecule has 0 radical (unpaired) electrons. The summed E-state index contributed by atoms with van der Waals surface area (Å²) in [7, 11) is 2.24. The predicted octanol–water partition coefficient (Wildman–Crippen LogP) is 6.12. The van der Waals surface area contributed by atoms with E-state index in [1.54, 1.807) is 0 Å². The highest BCUT2D eigenvalue weighted by molar-refractivity contribution is 6.35. The standard InChI is InChI=1S/C36H51Cl2N5O/c1-27(2)14-18-41(3)34(23-31-12-13-32(37)24-35(31)38)26-42-19-20-43(25-33(42)9-6-16-40-17-15-39)36(44)22-28-10-11-29-7-4-5-8-30(29)21-28/h4-5,7-8,10-13,21,24,27,33-34,40H,6,9,14-20,22-23,25-26,39H2,1-3H3/t33-,34+/m0/s1. The lowest BCUT2D eigenvalue weighted by Crippen LogP contribution is -2.58. The van der Waals surface area contributed by atoms with Gasteiger partial charge in [0.25, 0.3) is 0 Å². The number of hydrogen-bond acceptors (Lipinski definition) is 5. The third kappa shape index (κ3) is 10.4. The van der Waals surface area contributed by atoms with E-state index in [0.717, 1.165) is 87.6 Å². The van der Waals surface area contributed by atoms with E-state index in [9.17, 15) is 4.79 Å². The highest BCUT2D eigenvalue weighted by atomic mass is 35.5. The zero-order chi connectivity index (χ0) is 31.5. The topological polar surface area (TPSA) is 64.8 Å². The zero-order valence-electron chi connectivity index (χ0n) is 26.8. The molecule has 4 rings (SSSR count). The number of piperazine rings is 1. The lowest BCUT2D eigenvalue weighted by atomic mass is 9.99. The van der Waals surface area contributed by atoms with Crippen LogP contribution in [0.15, 0.2) is 60.7 Å². The maximum Gasteiger partial charge on any atom is 0.227 e. The summed E-state index contributed by atoms with van der Waals surface area (Å²) in [5.74, 6) is 0.855. The van der Waals surface area contributed by atoms with Gasteiger partial charge in [-0.2, -0.15) is 0 Å². The van der Waals surface area contributed by atoms with Crippen molar-refractivity contribution in [3.05, 3.63) is 81.8 Å². The molecule has 240 valence electrons. The number of nitrogens with one attached hydrogen (secondary N) is 1. The van der Waals surface area contributed by atoms with Gasteiger partial charge in [0, 0.05) is 61.4 Å². The number of benzene rings is 3. The van der Waals surface area contributed by atoms with E-state index >= 15 is 0 Å². The van der Waals surface area contributed by atoms with E-state index < -0.39 is 0 Å². The van der Waals surface area contributed by atoms with Gasteiger partial charge in [0.2, 0.25) is 5.91 Å². The van der Waals surface area contributed by atoms with Crippen molar-refractivity contribution in [3.63, 3.8) is 0 Å². The number of halogens is 2. The summed E-state index contributed by atoms with van der Waals surface area (Å²) >= 11 is 12.9. The second kappa shape index (κ2) is 17.5. The largest absolute Gasteiger partial charge is 0.340 e. The van der Waals surface area contributed by atoms with Gasteiger partial charge in [-0.3, -0.25) is 9.69 Å². The van der Waals surface area contributed by atoms with Gasteiger partial charge in [-0.1, -0.05) is 85.6 Å². The van der Waals surface area contributed by atoms with Gasteiger partial charge >= 0.3 is 0 Å². The second-order valence-electron chi connectivity index (χ2n) is 12.8. The van der Waals surface area contributed by atoms with E-state index in [2.05, 4.69) is 89.4 Å². The van der Waals surface area contributed by atoms with Gasteiger partial charge in [0.05, 0.1) is 6.42 Å². The number of fused-ring (bicyclic) bond motifs is 1. The Kier molecular flexibility index (Phi) is 13.8. The summed E-state index contributed by atoms with van der Waals surface area (Å²) in [6.07, 6.45) is 4.52. The molecule has 3 N–H and O–H groups in total. The highest BCUT2D eigenvalue weighted by Crippen LogP contribution is 2.25. The summed E-state index contributed by atoms with van der Waals surface area (Å²) in [5.41, 5.74) is 7.90. The first-order valence-corrected chi connectivity index (χ1v) is 17.0. The minimum absolute atomic E-state index is 0.213. The predicted molar refractivity (Wildman–Crippen MR) is 187 cm³/mol. The Balaban J connectivity index is 1.47. The number of carbonyl (C=O) groups excluding carboxylic acids is 1. The van der Waals surface area contributed by atoms with Crippen LogP contribution in [0, 0.1) is 5.92 Å². The average Bonchev–Trinajstić information content (AvgIpc) is 3.01. The molecule has 0 spiro atoms. The van der Waals surface area contributed by atoms with Crippen molar-refractivity contribution in [2.24, 2.45) is 11.7 Å². The number of nitrogens with zero attached hydrogens (tertiary/aromatic N) is 3. The number of hydrogen-bond donors (Lipinski definition) is 2. The van der Waals surface area contributed by atoms with Crippen LogP contribution in [0.5, 0.6) is 0 Å². The lowest BCUT2D eigenvalue weighted by Gasteiger charge is -2.44. The average molecular weight is 641 g/mol. The Morgan fingerprint density at radius 1 is 1.05 bits per heavy atom. The van der Waals surface area contributed by atoms with Crippen LogP contribution in [0.25, 0.3) is 10.8 Å². The molecule has 1 aliphatic heterocycles. The molecular weight excluding hydrogens is 589 g/mol. The fourth-order valence-electron chi connectivity index (χ4n) is 6.17. The Hall–Kier alpha value is -2.19. The molecule has 1 aliphatic rings. The molecule has 3 aromatic rings. The third-order valence-corrected chi connectivity index (χ3v) is 9.52. The molecular formula is C36H51Cl2N5O. The fraction of sp³-hybridized carbons (Fsp3) is 0.528. The third-order valence-electron chi connectivity index (χ3n) is 8.94. The number of nitrogens with two attached hydrogens (primary N) is 1. The van der Waals surface area contributed by atoms with E-state index in [-0.39, 0.29) is 5.91 Å². The van der Waals surface area contributed by atoms with Gasteiger partial charge in [-0.25, -0.2) is 0 Å². The van der Waals surface area contributed by atoms with Gasteiger partial charge < -0.3 is 20.9 Å². The van der Waals surface area contributed by atoms with Crippen molar-refractivity contribution in [1.29, 1.82) is 0 Å². The van der Waals surface area contributed by atoms with Gasteiger partial charge in [0.15, 0.2) is 0 Å². The van der Waals surface area contributed by atoms with Crippen molar-refractivity contribution >= 4 is 39.9 Å². The lowest BCUT2D eigenvalue weighted by molar-refractivity contribution is -0.133. The molecule has 44 heavy (non-hydrogen) atoms. The smallest absolute Gasteiger partial charge is 0.227 e. The minimum atomic E-state index is 0.213. The van der Waals surface area contributed by atoms with Crippen LogP contribution in [0.2, 0.25) is 10.0 Å². The number of carbonyl (C=O) groups is 1. The molecule has 0 saturated carbocycles. The van der Waals surface area contributed by atoms with Gasteiger partial charge in [-0.15, -0.1) is 0 Å².